The summed E-state index contributed by atoms with van der Waals surface area (Å²) >= 11 is 5.67. The Morgan fingerprint density at radius 3 is 2.70 bits per heavy atom. The standard InChI is InChI=1S/C15H13ClFNO2/c1-9-6-11(19)3-4-12(9)15(20)18-8-10-2-5-14(17)13(16)7-10/h2-7,19H,8H2,1H3,(H,18,20). The third-order valence-corrected chi connectivity index (χ3v) is 3.18. The zero-order valence-electron chi connectivity index (χ0n) is 10.8. The van der Waals surface area contributed by atoms with E-state index in [1.54, 1.807) is 19.1 Å². The first kappa shape index (κ1) is 14.3. The van der Waals surface area contributed by atoms with Gasteiger partial charge in [-0.1, -0.05) is 17.7 Å². The summed E-state index contributed by atoms with van der Waals surface area (Å²) in [6, 6.07) is 8.82. The van der Waals surface area contributed by atoms with Crippen LogP contribution in [0.4, 0.5) is 4.39 Å². The van der Waals surface area contributed by atoms with Crippen molar-refractivity contribution in [1.29, 1.82) is 0 Å². The van der Waals surface area contributed by atoms with Gasteiger partial charge < -0.3 is 10.4 Å². The van der Waals surface area contributed by atoms with E-state index in [-0.39, 0.29) is 23.2 Å². The Labute approximate surface area is 121 Å². The van der Waals surface area contributed by atoms with Crippen molar-refractivity contribution < 1.29 is 14.3 Å². The van der Waals surface area contributed by atoms with E-state index < -0.39 is 5.82 Å². The average molecular weight is 294 g/mol. The third kappa shape index (κ3) is 3.27. The smallest absolute Gasteiger partial charge is 0.251 e. The van der Waals surface area contributed by atoms with Crippen molar-refractivity contribution in [2.75, 3.05) is 0 Å². The van der Waals surface area contributed by atoms with Gasteiger partial charge in [0.2, 0.25) is 0 Å². The number of hydrogen-bond donors (Lipinski definition) is 2. The van der Waals surface area contributed by atoms with Crippen LogP contribution in [0.15, 0.2) is 36.4 Å². The number of halogens is 2. The van der Waals surface area contributed by atoms with Crippen molar-refractivity contribution >= 4 is 17.5 Å². The lowest BCUT2D eigenvalue weighted by molar-refractivity contribution is 0.0950. The van der Waals surface area contributed by atoms with Gasteiger partial charge in [0.15, 0.2) is 0 Å². The van der Waals surface area contributed by atoms with Gasteiger partial charge in [-0.2, -0.15) is 0 Å². The molecule has 0 unspecified atom stereocenters. The lowest BCUT2D eigenvalue weighted by Crippen LogP contribution is -2.23. The molecule has 0 aliphatic rings. The molecular formula is C15H13ClFNO2. The molecule has 0 saturated heterocycles. The Kier molecular flexibility index (Phi) is 4.25. The fourth-order valence-electron chi connectivity index (χ4n) is 1.83. The molecule has 0 spiro atoms. The molecule has 2 rings (SSSR count). The minimum absolute atomic E-state index is 0.0255. The van der Waals surface area contributed by atoms with E-state index in [4.69, 9.17) is 11.6 Å². The van der Waals surface area contributed by atoms with Crippen LogP contribution in [-0.2, 0) is 6.54 Å². The molecule has 0 aliphatic heterocycles. The molecule has 0 bridgehead atoms. The Morgan fingerprint density at radius 2 is 2.05 bits per heavy atom. The number of phenols is 1. The number of rotatable bonds is 3. The lowest BCUT2D eigenvalue weighted by Gasteiger charge is -2.08. The van der Waals surface area contributed by atoms with E-state index in [0.29, 0.717) is 16.7 Å². The van der Waals surface area contributed by atoms with E-state index in [9.17, 15) is 14.3 Å². The quantitative estimate of drug-likeness (QED) is 0.911. The molecule has 2 N–H and O–H groups in total. The first-order chi connectivity index (χ1) is 9.47. The number of nitrogens with one attached hydrogen (secondary N) is 1. The van der Waals surface area contributed by atoms with Crippen LogP contribution in [0.1, 0.15) is 21.5 Å². The second-order valence-corrected chi connectivity index (χ2v) is 4.84. The predicted octanol–water partition coefficient (Wildman–Crippen LogP) is 3.42. The van der Waals surface area contributed by atoms with E-state index in [2.05, 4.69) is 5.32 Å². The minimum atomic E-state index is -0.490. The second kappa shape index (κ2) is 5.92. The molecule has 5 heteroatoms. The SMILES string of the molecule is Cc1cc(O)ccc1C(=O)NCc1ccc(F)c(Cl)c1. The molecule has 0 aliphatic carbocycles. The van der Waals surface area contributed by atoms with Crippen LogP contribution in [-0.4, -0.2) is 11.0 Å². The van der Waals surface area contributed by atoms with Crippen LogP contribution in [0.25, 0.3) is 0 Å². The van der Waals surface area contributed by atoms with Gasteiger partial charge in [-0.3, -0.25) is 4.79 Å². The van der Waals surface area contributed by atoms with Crippen molar-refractivity contribution in [1.82, 2.24) is 5.32 Å². The summed E-state index contributed by atoms with van der Waals surface area (Å²) in [5.41, 5.74) is 1.87. The summed E-state index contributed by atoms with van der Waals surface area (Å²) < 4.78 is 13.0. The van der Waals surface area contributed by atoms with Crippen molar-refractivity contribution in [3.05, 3.63) is 63.9 Å². The Balaban J connectivity index is 2.06. The van der Waals surface area contributed by atoms with Crippen molar-refractivity contribution in [3.8, 4) is 5.75 Å². The first-order valence-corrected chi connectivity index (χ1v) is 6.37. The molecule has 0 saturated carbocycles. The van der Waals surface area contributed by atoms with Gasteiger partial charge in [-0.05, 0) is 48.4 Å². The summed E-state index contributed by atoms with van der Waals surface area (Å²) in [6.45, 7) is 1.99. The van der Waals surface area contributed by atoms with Gasteiger partial charge in [-0.25, -0.2) is 4.39 Å². The summed E-state index contributed by atoms with van der Waals surface area (Å²) in [5.74, 6) is -0.636. The van der Waals surface area contributed by atoms with E-state index in [0.717, 1.165) is 0 Å². The fourth-order valence-corrected chi connectivity index (χ4v) is 2.03. The summed E-state index contributed by atoms with van der Waals surface area (Å²) in [7, 11) is 0. The Bertz CT molecular complexity index is 658. The molecule has 104 valence electrons. The van der Waals surface area contributed by atoms with E-state index in [1.165, 1.54) is 24.3 Å². The van der Waals surface area contributed by atoms with E-state index >= 15 is 0 Å². The molecule has 0 aromatic heterocycles. The maximum Gasteiger partial charge on any atom is 0.251 e. The third-order valence-electron chi connectivity index (χ3n) is 2.89. The van der Waals surface area contributed by atoms with Crippen LogP contribution >= 0.6 is 11.6 Å². The lowest BCUT2D eigenvalue weighted by atomic mass is 10.1. The van der Waals surface area contributed by atoms with Crippen LogP contribution in [0.2, 0.25) is 5.02 Å². The number of aryl methyl sites for hydroxylation is 1. The zero-order chi connectivity index (χ0) is 14.7. The number of phenolic OH excluding ortho intramolecular Hbond substituents is 1. The number of amides is 1. The summed E-state index contributed by atoms with van der Waals surface area (Å²) in [5, 5.41) is 12.0. The number of aromatic hydroxyl groups is 1. The molecular weight excluding hydrogens is 281 g/mol. The monoisotopic (exact) mass is 293 g/mol. The number of hydrogen-bond acceptors (Lipinski definition) is 2. The Hall–Kier alpha value is -2.07. The van der Waals surface area contributed by atoms with Gasteiger partial charge in [0.05, 0.1) is 5.02 Å². The number of benzene rings is 2. The maximum atomic E-state index is 13.0. The number of carbonyl (C=O) groups is 1. The first-order valence-electron chi connectivity index (χ1n) is 5.99. The average Bonchev–Trinajstić information content (AvgIpc) is 2.40. The van der Waals surface area contributed by atoms with Crippen LogP contribution in [0.5, 0.6) is 5.75 Å². The van der Waals surface area contributed by atoms with Crippen LogP contribution < -0.4 is 5.32 Å². The fraction of sp³-hybridized carbons (Fsp3) is 0.133. The van der Waals surface area contributed by atoms with Gasteiger partial charge >= 0.3 is 0 Å². The zero-order valence-corrected chi connectivity index (χ0v) is 11.5. The van der Waals surface area contributed by atoms with Crippen molar-refractivity contribution in [3.63, 3.8) is 0 Å². The molecule has 0 heterocycles. The highest BCUT2D eigenvalue weighted by molar-refractivity contribution is 6.30. The van der Waals surface area contributed by atoms with Crippen LogP contribution in [0, 0.1) is 12.7 Å². The van der Waals surface area contributed by atoms with Crippen molar-refractivity contribution in [2.45, 2.75) is 13.5 Å². The Morgan fingerprint density at radius 1 is 1.30 bits per heavy atom. The molecule has 2 aromatic carbocycles. The molecule has 20 heavy (non-hydrogen) atoms. The normalized spacial score (nSPS) is 10.3. The van der Waals surface area contributed by atoms with Gasteiger partial charge in [-0.15, -0.1) is 0 Å². The highest BCUT2D eigenvalue weighted by Crippen LogP contribution is 2.17. The number of carbonyl (C=O) groups excluding carboxylic acids is 1. The van der Waals surface area contributed by atoms with E-state index in [1.807, 2.05) is 0 Å². The van der Waals surface area contributed by atoms with Gasteiger partial charge in [0.1, 0.15) is 11.6 Å². The highest BCUT2D eigenvalue weighted by atomic mass is 35.5. The molecule has 2 aromatic rings. The molecule has 3 nitrogen and oxygen atoms in total. The minimum Gasteiger partial charge on any atom is -0.508 e. The molecule has 1 amide bonds. The van der Waals surface area contributed by atoms with Crippen LogP contribution in [0.3, 0.4) is 0 Å². The highest BCUT2D eigenvalue weighted by Gasteiger charge is 2.09. The molecule has 0 atom stereocenters. The second-order valence-electron chi connectivity index (χ2n) is 4.43. The maximum absolute atomic E-state index is 13.0. The summed E-state index contributed by atoms with van der Waals surface area (Å²) in [6.07, 6.45) is 0. The van der Waals surface area contributed by atoms with Crippen molar-refractivity contribution in [2.24, 2.45) is 0 Å². The van der Waals surface area contributed by atoms with Gasteiger partial charge in [0, 0.05) is 12.1 Å². The topological polar surface area (TPSA) is 49.3 Å². The molecule has 0 radical (unpaired) electrons. The van der Waals surface area contributed by atoms with Gasteiger partial charge in [0.25, 0.3) is 5.91 Å². The largest absolute Gasteiger partial charge is 0.508 e. The summed E-state index contributed by atoms with van der Waals surface area (Å²) in [4.78, 5) is 12.0. The molecule has 0 fully saturated rings. The predicted molar refractivity (Wildman–Crippen MR) is 75.4 cm³/mol.